The van der Waals surface area contributed by atoms with Crippen LogP contribution in [0.4, 0.5) is 0 Å². The normalized spacial score (nSPS) is 20.5. The van der Waals surface area contributed by atoms with Crippen LogP contribution in [0.15, 0.2) is 58.1 Å². The molecular formula is C21H30ClN3O4S. The number of carbonyl (C=O) groups excluding carboxylic acids is 1. The van der Waals surface area contributed by atoms with Crippen LogP contribution in [0.25, 0.3) is 0 Å². The van der Waals surface area contributed by atoms with Gasteiger partial charge >= 0.3 is 0 Å². The largest absolute Gasteiger partial charge is 0.489 e. The van der Waals surface area contributed by atoms with Crippen LogP contribution in [0.5, 0.6) is 5.75 Å². The van der Waals surface area contributed by atoms with E-state index in [-0.39, 0.29) is 18.1 Å². The molecule has 2 aliphatic heterocycles. The highest BCUT2D eigenvalue weighted by Crippen LogP contribution is 2.28. The summed E-state index contributed by atoms with van der Waals surface area (Å²) in [7, 11) is 0. The van der Waals surface area contributed by atoms with E-state index in [1.165, 1.54) is 15.9 Å². The third kappa shape index (κ3) is 10.8. The molecule has 9 heteroatoms. The molecular weight excluding hydrogens is 426 g/mol. The number of benzene rings is 1. The molecule has 0 radical (unpaired) electrons. The molecule has 1 unspecified atom stereocenters. The Hall–Kier alpha value is -1.84. The van der Waals surface area contributed by atoms with Crippen molar-refractivity contribution in [1.29, 1.82) is 0 Å². The van der Waals surface area contributed by atoms with E-state index in [0.717, 1.165) is 25.3 Å². The number of hydrogen-bond acceptors (Lipinski definition) is 7. The smallest absolute Gasteiger partial charge is 0.230 e. The van der Waals surface area contributed by atoms with Crippen molar-refractivity contribution in [3.63, 3.8) is 0 Å². The molecule has 2 N–H and O–H groups in total. The number of amides is 1. The van der Waals surface area contributed by atoms with E-state index in [9.17, 15) is 0 Å². The number of aliphatic imine (C=N–C) groups is 1. The van der Waals surface area contributed by atoms with Gasteiger partial charge in [0.05, 0.1) is 6.10 Å². The molecule has 166 valence electrons. The molecule has 1 fully saturated rings. The number of hydrogen-bond donors (Lipinski definition) is 2. The lowest BCUT2D eigenvalue weighted by Gasteiger charge is -2.33. The standard InChI is InChI=1S/C18H21ClN2O2S.C2H6.CH3NO2/c1-14-11-21(12-18(19)23-14)24-17-6-4-16(5-7-17)22-13-15-3-2-9-20-10-8-15;1-2;3-1-2-4/h2,4-10,14,18H,3,11-13H2,1H3;1-2H3;1,4H,(H,2,3)/t14-,18?;;/m0../s1. The molecule has 3 rings (SSSR count). The molecule has 2 atom stereocenters. The number of rotatable bonds is 6. The fourth-order valence-corrected chi connectivity index (χ4v) is 3.97. The number of nitrogens with zero attached hydrogens (tertiary/aromatic N) is 2. The van der Waals surface area contributed by atoms with Crippen molar-refractivity contribution in [2.24, 2.45) is 4.99 Å². The number of nitrogens with one attached hydrogen (secondary N) is 1. The van der Waals surface area contributed by atoms with E-state index in [1.807, 2.05) is 51.3 Å². The summed E-state index contributed by atoms with van der Waals surface area (Å²) < 4.78 is 13.6. The monoisotopic (exact) mass is 455 g/mol. The van der Waals surface area contributed by atoms with E-state index in [2.05, 4.69) is 21.4 Å². The summed E-state index contributed by atoms with van der Waals surface area (Å²) in [5.41, 5.74) is 2.22. The minimum atomic E-state index is -0.241. The third-order valence-corrected chi connectivity index (χ3v) is 4.97. The SMILES string of the molecule is CC.C[C@H]1CN(Sc2ccc(OCC3=CC=NC=CC3)cc2)CC(Cl)O1.O=CNO. The van der Waals surface area contributed by atoms with Gasteiger partial charge in [-0.05, 0) is 61.2 Å². The third-order valence-electron chi connectivity index (χ3n) is 3.69. The number of morpholine rings is 1. The summed E-state index contributed by atoms with van der Waals surface area (Å²) in [5.74, 6) is 0.871. The van der Waals surface area contributed by atoms with Crippen molar-refractivity contribution in [3.05, 3.63) is 48.2 Å². The van der Waals surface area contributed by atoms with Crippen molar-refractivity contribution >= 4 is 36.2 Å². The fourth-order valence-electron chi connectivity index (χ4n) is 2.49. The minimum absolute atomic E-state index is 0.154. The van der Waals surface area contributed by atoms with Crippen LogP contribution in [0.3, 0.4) is 0 Å². The van der Waals surface area contributed by atoms with E-state index < -0.39 is 0 Å². The quantitative estimate of drug-likeness (QED) is 0.217. The van der Waals surface area contributed by atoms with Crippen molar-refractivity contribution in [2.75, 3.05) is 19.7 Å². The van der Waals surface area contributed by atoms with Crippen molar-refractivity contribution in [3.8, 4) is 5.75 Å². The summed E-state index contributed by atoms with van der Waals surface area (Å²) in [5, 5.41) is 7.26. The van der Waals surface area contributed by atoms with Gasteiger partial charge in [0, 0.05) is 30.4 Å². The molecule has 1 aromatic carbocycles. The Bertz CT molecular complexity index is 688. The first-order valence-corrected chi connectivity index (χ1v) is 11.0. The van der Waals surface area contributed by atoms with Crippen LogP contribution in [-0.4, -0.2) is 53.5 Å². The van der Waals surface area contributed by atoms with Gasteiger partial charge in [-0.25, -0.2) is 9.79 Å². The zero-order valence-electron chi connectivity index (χ0n) is 17.5. The van der Waals surface area contributed by atoms with Crippen LogP contribution >= 0.6 is 23.5 Å². The maximum atomic E-state index is 8.81. The second-order valence-electron chi connectivity index (χ2n) is 6.01. The second-order valence-corrected chi connectivity index (χ2v) is 7.67. The number of allylic oxidation sites excluding steroid dienone is 2. The van der Waals surface area contributed by atoms with Gasteiger partial charge in [0.25, 0.3) is 0 Å². The van der Waals surface area contributed by atoms with Crippen molar-refractivity contribution < 1.29 is 19.5 Å². The summed E-state index contributed by atoms with van der Waals surface area (Å²) in [6.07, 6.45) is 8.87. The molecule has 0 aliphatic carbocycles. The van der Waals surface area contributed by atoms with Gasteiger partial charge < -0.3 is 9.47 Å². The summed E-state index contributed by atoms with van der Waals surface area (Å²) >= 11 is 7.81. The highest BCUT2D eigenvalue weighted by atomic mass is 35.5. The molecule has 0 aromatic heterocycles. The van der Waals surface area contributed by atoms with Gasteiger partial charge in [0.1, 0.15) is 17.9 Å². The number of alkyl halides is 1. The van der Waals surface area contributed by atoms with E-state index >= 15 is 0 Å². The van der Waals surface area contributed by atoms with Crippen LogP contribution in [-0.2, 0) is 9.53 Å². The highest BCUT2D eigenvalue weighted by Gasteiger charge is 2.24. The van der Waals surface area contributed by atoms with Gasteiger partial charge in [-0.15, -0.1) is 0 Å². The molecule has 0 saturated carbocycles. The first kappa shape index (κ1) is 26.2. The van der Waals surface area contributed by atoms with Crippen LogP contribution < -0.4 is 10.2 Å². The lowest BCUT2D eigenvalue weighted by atomic mass is 10.2. The molecule has 7 nitrogen and oxygen atoms in total. The van der Waals surface area contributed by atoms with E-state index in [1.54, 1.807) is 18.2 Å². The van der Waals surface area contributed by atoms with Crippen molar-refractivity contribution in [2.45, 2.75) is 43.8 Å². The average molecular weight is 456 g/mol. The first-order valence-electron chi connectivity index (χ1n) is 9.75. The molecule has 30 heavy (non-hydrogen) atoms. The Labute approximate surface area is 187 Å². The number of carbonyl (C=O) groups is 1. The molecule has 0 spiro atoms. The Morgan fingerprint density at radius 2 is 2.07 bits per heavy atom. The van der Waals surface area contributed by atoms with Crippen LogP contribution in [0.2, 0.25) is 0 Å². The molecule has 1 aromatic rings. The topological polar surface area (TPSA) is 83.4 Å². The Morgan fingerprint density at radius 3 is 2.70 bits per heavy atom. The minimum Gasteiger partial charge on any atom is -0.489 e. The van der Waals surface area contributed by atoms with Gasteiger partial charge in [-0.1, -0.05) is 31.5 Å². The average Bonchev–Trinajstić information content (AvgIpc) is 3.03. The summed E-state index contributed by atoms with van der Waals surface area (Å²) in [6, 6.07) is 8.16. The number of hydroxylamine groups is 1. The first-order chi connectivity index (χ1) is 14.6. The zero-order chi connectivity index (χ0) is 22.2. The second kappa shape index (κ2) is 15.9. The van der Waals surface area contributed by atoms with E-state index in [4.69, 9.17) is 31.1 Å². The Balaban J connectivity index is 0.000000673. The summed E-state index contributed by atoms with van der Waals surface area (Å²) in [4.78, 5) is 14.1. The highest BCUT2D eigenvalue weighted by molar-refractivity contribution is 7.97. The maximum Gasteiger partial charge on any atom is 0.230 e. The Kier molecular flexibility index (Phi) is 13.9. The van der Waals surface area contributed by atoms with Gasteiger partial charge in [-0.2, -0.15) is 0 Å². The van der Waals surface area contributed by atoms with Crippen LogP contribution in [0.1, 0.15) is 27.2 Å². The lowest BCUT2D eigenvalue weighted by Crippen LogP contribution is -2.40. The summed E-state index contributed by atoms with van der Waals surface area (Å²) in [6.45, 7) is 8.21. The van der Waals surface area contributed by atoms with Gasteiger partial charge in [0.15, 0.2) is 0 Å². The van der Waals surface area contributed by atoms with E-state index in [0.29, 0.717) is 6.61 Å². The number of ether oxygens (including phenoxy) is 2. The van der Waals surface area contributed by atoms with Gasteiger partial charge in [-0.3, -0.25) is 15.0 Å². The molecule has 0 bridgehead atoms. The fraction of sp³-hybridized carbons (Fsp3) is 0.429. The van der Waals surface area contributed by atoms with Crippen molar-refractivity contribution in [1.82, 2.24) is 9.79 Å². The van der Waals surface area contributed by atoms with Crippen LogP contribution in [0, 0.1) is 0 Å². The molecule has 1 saturated heterocycles. The Morgan fingerprint density at radius 1 is 1.37 bits per heavy atom. The number of halogens is 1. The lowest BCUT2D eigenvalue weighted by molar-refractivity contribution is -0.116. The molecule has 2 heterocycles. The zero-order valence-corrected chi connectivity index (χ0v) is 19.1. The molecule has 2 aliphatic rings. The predicted octanol–water partition coefficient (Wildman–Crippen LogP) is 4.42. The maximum absolute atomic E-state index is 8.81. The molecule has 1 amide bonds. The van der Waals surface area contributed by atoms with Gasteiger partial charge in [0.2, 0.25) is 6.41 Å². The predicted molar refractivity (Wildman–Crippen MR) is 122 cm³/mol.